The molecule has 3 fully saturated rings. The summed E-state index contributed by atoms with van der Waals surface area (Å²) in [4.78, 5) is 12.3. The topological polar surface area (TPSA) is 17.1 Å². The lowest BCUT2D eigenvalue weighted by Crippen LogP contribution is -2.41. The molecule has 3 saturated carbocycles. The highest BCUT2D eigenvalue weighted by Crippen LogP contribution is 2.70. The normalized spacial score (nSPS) is 48.7. The van der Waals surface area contributed by atoms with Crippen LogP contribution in [0.3, 0.4) is 0 Å². The van der Waals surface area contributed by atoms with Gasteiger partial charge in [-0.3, -0.25) is 4.79 Å². The largest absolute Gasteiger partial charge is 0.299 e. The molecule has 2 bridgehead atoms. The predicted molar refractivity (Wildman–Crippen MR) is 78.8 cm³/mol. The fraction of sp³-hybridized carbons (Fsp3) is 0.944. The summed E-state index contributed by atoms with van der Waals surface area (Å²) in [5.74, 6) is 3.38. The second kappa shape index (κ2) is 4.33. The van der Waals surface area contributed by atoms with Crippen LogP contribution in [0.15, 0.2) is 0 Å². The Bertz CT molecular complexity index is 383. The van der Waals surface area contributed by atoms with Gasteiger partial charge in [0, 0.05) is 12.3 Å². The Morgan fingerprint density at radius 1 is 1.21 bits per heavy atom. The molecule has 0 saturated heterocycles. The summed E-state index contributed by atoms with van der Waals surface area (Å²) in [6, 6.07) is 0. The van der Waals surface area contributed by atoms with E-state index in [9.17, 15) is 4.79 Å². The molecule has 5 atom stereocenters. The Labute approximate surface area is 118 Å². The van der Waals surface area contributed by atoms with Gasteiger partial charge in [-0.05, 0) is 67.1 Å². The summed E-state index contributed by atoms with van der Waals surface area (Å²) in [6.45, 7) is 9.75. The molecule has 0 radical (unpaired) electrons. The van der Waals surface area contributed by atoms with Crippen molar-refractivity contribution in [3.63, 3.8) is 0 Å². The maximum Gasteiger partial charge on any atom is 0.136 e. The zero-order valence-corrected chi connectivity index (χ0v) is 13.2. The van der Waals surface area contributed by atoms with Crippen LogP contribution in [0.4, 0.5) is 0 Å². The highest BCUT2D eigenvalue weighted by Gasteiger charge is 2.63. The standard InChI is InChI=1S/C18H30O/c1-5-13-14(7-6-8-16(13)19)15-11-12-9-10-18(15,4)17(12,2)3/h12-15H,5-11H2,1-4H3/t12-,13?,14?,15+,18+/m1/s1. The lowest BCUT2D eigenvalue weighted by atomic mass is 9.58. The summed E-state index contributed by atoms with van der Waals surface area (Å²) in [6.07, 6.45) is 8.61. The predicted octanol–water partition coefficient (Wildman–Crippen LogP) is 4.84. The molecule has 1 heteroatoms. The Kier molecular flexibility index (Phi) is 3.11. The smallest absolute Gasteiger partial charge is 0.136 e. The third-order valence-electron chi connectivity index (χ3n) is 7.71. The van der Waals surface area contributed by atoms with Crippen LogP contribution in [0.1, 0.15) is 72.6 Å². The second-order valence-electron chi connectivity index (χ2n) is 8.25. The molecule has 3 aliphatic carbocycles. The molecule has 0 N–H and O–H groups in total. The zero-order valence-electron chi connectivity index (χ0n) is 13.2. The fourth-order valence-corrected chi connectivity index (χ4v) is 6.06. The third kappa shape index (κ3) is 1.69. The van der Waals surface area contributed by atoms with Crippen molar-refractivity contribution < 1.29 is 4.79 Å². The number of Topliss-reactive ketones (excluding diaryl/α,β-unsaturated/α-hetero) is 1. The SMILES string of the molecule is CCC1C(=O)CCCC1[C@@H]1C[C@H]2CC[C@]1(C)C2(C)C. The van der Waals surface area contributed by atoms with Gasteiger partial charge < -0.3 is 0 Å². The Balaban J connectivity index is 1.89. The van der Waals surface area contributed by atoms with Crippen molar-refractivity contribution in [2.45, 2.75) is 72.6 Å². The van der Waals surface area contributed by atoms with Crippen LogP contribution >= 0.6 is 0 Å². The highest BCUT2D eigenvalue weighted by molar-refractivity contribution is 5.82. The average molecular weight is 262 g/mol. The maximum absolute atomic E-state index is 12.3. The third-order valence-corrected chi connectivity index (χ3v) is 7.71. The van der Waals surface area contributed by atoms with E-state index in [2.05, 4.69) is 27.7 Å². The van der Waals surface area contributed by atoms with Gasteiger partial charge in [0.25, 0.3) is 0 Å². The van der Waals surface area contributed by atoms with E-state index in [1.54, 1.807) is 0 Å². The van der Waals surface area contributed by atoms with Gasteiger partial charge in [0.15, 0.2) is 0 Å². The van der Waals surface area contributed by atoms with Gasteiger partial charge in [-0.1, -0.05) is 27.7 Å². The summed E-state index contributed by atoms with van der Waals surface area (Å²) in [5, 5.41) is 0. The molecular formula is C18H30O. The molecule has 0 aromatic carbocycles. The molecule has 2 unspecified atom stereocenters. The number of hydrogen-bond acceptors (Lipinski definition) is 1. The first-order valence-electron chi connectivity index (χ1n) is 8.44. The molecule has 0 aromatic rings. The summed E-state index contributed by atoms with van der Waals surface area (Å²) in [5.41, 5.74) is 0.990. The van der Waals surface area contributed by atoms with E-state index >= 15 is 0 Å². The van der Waals surface area contributed by atoms with Gasteiger partial charge in [-0.2, -0.15) is 0 Å². The molecule has 1 nitrogen and oxygen atoms in total. The Morgan fingerprint density at radius 2 is 1.95 bits per heavy atom. The zero-order chi connectivity index (χ0) is 13.8. The Morgan fingerprint density at radius 3 is 2.47 bits per heavy atom. The highest BCUT2D eigenvalue weighted by atomic mass is 16.1. The maximum atomic E-state index is 12.3. The van der Waals surface area contributed by atoms with E-state index in [-0.39, 0.29) is 0 Å². The van der Waals surface area contributed by atoms with Crippen molar-refractivity contribution in [3.8, 4) is 0 Å². The van der Waals surface area contributed by atoms with E-state index < -0.39 is 0 Å². The van der Waals surface area contributed by atoms with Gasteiger partial charge in [0.1, 0.15) is 5.78 Å². The first-order valence-corrected chi connectivity index (χ1v) is 8.44. The van der Waals surface area contributed by atoms with Crippen molar-refractivity contribution in [1.82, 2.24) is 0 Å². The van der Waals surface area contributed by atoms with Crippen molar-refractivity contribution in [2.24, 2.45) is 34.5 Å². The minimum atomic E-state index is 0.380. The molecule has 3 aliphatic rings. The molecular weight excluding hydrogens is 232 g/mol. The van der Waals surface area contributed by atoms with Gasteiger partial charge in [-0.15, -0.1) is 0 Å². The van der Waals surface area contributed by atoms with Crippen LogP contribution in [-0.2, 0) is 4.79 Å². The second-order valence-corrected chi connectivity index (χ2v) is 8.25. The van der Waals surface area contributed by atoms with E-state index in [0.29, 0.717) is 28.4 Å². The number of rotatable bonds is 2. The average Bonchev–Trinajstić information content (AvgIpc) is 2.70. The van der Waals surface area contributed by atoms with Crippen LogP contribution in [0.25, 0.3) is 0 Å². The fourth-order valence-electron chi connectivity index (χ4n) is 6.06. The van der Waals surface area contributed by atoms with Crippen LogP contribution in [0, 0.1) is 34.5 Å². The van der Waals surface area contributed by atoms with Crippen molar-refractivity contribution in [3.05, 3.63) is 0 Å². The Hall–Kier alpha value is -0.330. The van der Waals surface area contributed by atoms with Crippen molar-refractivity contribution in [1.29, 1.82) is 0 Å². The van der Waals surface area contributed by atoms with Crippen molar-refractivity contribution >= 4 is 5.78 Å². The van der Waals surface area contributed by atoms with E-state index in [0.717, 1.165) is 31.1 Å². The minimum absolute atomic E-state index is 0.380. The number of fused-ring (bicyclic) bond motifs is 2. The quantitative estimate of drug-likeness (QED) is 0.695. The summed E-state index contributed by atoms with van der Waals surface area (Å²) >= 11 is 0. The summed E-state index contributed by atoms with van der Waals surface area (Å²) in [7, 11) is 0. The molecule has 0 amide bonds. The molecule has 3 rings (SSSR count). The van der Waals surface area contributed by atoms with E-state index in [4.69, 9.17) is 0 Å². The molecule has 0 aromatic heterocycles. The lowest BCUT2D eigenvalue weighted by molar-refractivity contribution is -0.129. The lowest BCUT2D eigenvalue weighted by Gasteiger charge is -2.46. The molecule has 0 spiro atoms. The van der Waals surface area contributed by atoms with Crippen LogP contribution < -0.4 is 0 Å². The van der Waals surface area contributed by atoms with Gasteiger partial charge in [0.2, 0.25) is 0 Å². The molecule has 0 heterocycles. The number of hydrogen-bond donors (Lipinski definition) is 0. The summed E-state index contributed by atoms with van der Waals surface area (Å²) < 4.78 is 0. The van der Waals surface area contributed by atoms with Gasteiger partial charge in [0.05, 0.1) is 0 Å². The first kappa shape index (κ1) is 13.6. The molecule has 0 aliphatic heterocycles. The van der Waals surface area contributed by atoms with Gasteiger partial charge in [-0.25, -0.2) is 0 Å². The van der Waals surface area contributed by atoms with Crippen LogP contribution in [0.2, 0.25) is 0 Å². The number of carbonyl (C=O) groups excluding carboxylic acids is 1. The minimum Gasteiger partial charge on any atom is -0.299 e. The monoisotopic (exact) mass is 262 g/mol. The number of carbonyl (C=O) groups is 1. The molecule has 19 heavy (non-hydrogen) atoms. The molecule has 108 valence electrons. The first-order chi connectivity index (χ1) is 8.91. The van der Waals surface area contributed by atoms with Gasteiger partial charge >= 0.3 is 0 Å². The van der Waals surface area contributed by atoms with Crippen LogP contribution in [0.5, 0.6) is 0 Å². The van der Waals surface area contributed by atoms with Crippen molar-refractivity contribution in [2.75, 3.05) is 0 Å². The number of ketones is 1. The van der Waals surface area contributed by atoms with Crippen LogP contribution in [-0.4, -0.2) is 5.78 Å². The van der Waals surface area contributed by atoms with E-state index in [1.165, 1.54) is 25.7 Å². The van der Waals surface area contributed by atoms with E-state index in [1.807, 2.05) is 0 Å².